The molecule has 1 unspecified atom stereocenters. The summed E-state index contributed by atoms with van der Waals surface area (Å²) < 4.78 is 6.86. The molecule has 1 atom stereocenters. The lowest BCUT2D eigenvalue weighted by Gasteiger charge is -2.16. The quantitative estimate of drug-likeness (QED) is 0.779. The molecule has 0 saturated heterocycles. The van der Waals surface area contributed by atoms with Crippen LogP contribution in [0.25, 0.3) is 0 Å². The normalized spacial score (nSPS) is 12.4. The lowest BCUT2D eigenvalue weighted by atomic mass is 10.3. The van der Waals surface area contributed by atoms with Crippen molar-refractivity contribution < 1.29 is 4.74 Å². The van der Waals surface area contributed by atoms with Crippen molar-refractivity contribution in [3.63, 3.8) is 0 Å². The number of hydrogen-bond acceptors (Lipinski definition) is 5. The van der Waals surface area contributed by atoms with Gasteiger partial charge in [0.25, 0.3) is 5.56 Å². The SMILES string of the molecule is CCSCC(C)Nc1cnn(CCOC)c(=O)c1Br. The van der Waals surface area contributed by atoms with E-state index < -0.39 is 0 Å². The molecule has 5 nitrogen and oxygen atoms in total. The molecule has 1 heterocycles. The standard InChI is InChI=1S/C12H20BrN3O2S/c1-4-19-8-9(2)15-10-7-14-16(5-6-18-3)12(17)11(10)13/h7,9,15H,4-6,8H2,1-3H3. The first kappa shape index (κ1) is 16.5. The number of methoxy groups -OCH3 is 1. The molecular formula is C12H20BrN3O2S. The van der Waals surface area contributed by atoms with Crippen molar-refractivity contribution in [2.45, 2.75) is 26.4 Å². The molecule has 0 spiro atoms. The van der Waals surface area contributed by atoms with Gasteiger partial charge in [0.15, 0.2) is 0 Å². The fourth-order valence-corrected chi connectivity index (χ4v) is 2.60. The third-order valence-corrected chi connectivity index (χ3v) is 4.38. The van der Waals surface area contributed by atoms with Gasteiger partial charge in [-0.1, -0.05) is 6.92 Å². The largest absolute Gasteiger partial charge is 0.383 e. The second-order valence-corrected chi connectivity index (χ2v) is 6.21. The van der Waals surface area contributed by atoms with Crippen LogP contribution in [0.4, 0.5) is 5.69 Å². The van der Waals surface area contributed by atoms with Gasteiger partial charge in [-0.15, -0.1) is 0 Å². The highest BCUT2D eigenvalue weighted by Gasteiger charge is 2.10. The summed E-state index contributed by atoms with van der Waals surface area (Å²) in [5, 5.41) is 7.43. The number of hydrogen-bond donors (Lipinski definition) is 1. The van der Waals surface area contributed by atoms with Gasteiger partial charge in [-0.2, -0.15) is 16.9 Å². The topological polar surface area (TPSA) is 56.1 Å². The Bertz CT molecular complexity index is 453. The van der Waals surface area contributed by atoms with Crippen LogP contribution in [0.5, 0.6) is 0 Å². The first-order chi connectivity index (χ1) is 9.10. The van der Waals surface area contributed by atoms with Crippen LogP contribution < -0.4 is 10.9 Å². The zero-order valence-corrected chi connectivity index (χ0v) is 13.9. The summed E-state index contributed by atoms with van der Waals surface area (Å²) in [4.78, 5) is 12.0. The van der Waals surface area contributed by atoms with Crippen LogP contribution in [0, 0.1) is 0 Å². The summed E-state index contributed by atoms with van der Waals surface area (Å²) in [5.41, 5.74) is 0.597. The van der Waals surface area contributed by atoms with Gasteiger partial charge in [-0.3, -0.25) is 4.79 Å². The summed E-state index contributed by atoms with van der Waals surface area (Å²) in [7, 11) is 1.60. The molecule has 1 N–H and O–H groups in total. The second-order valence-electron chi connectivity index (χ2n) is 4.10. The lowest BCUT2D eigenvalue weighted by molar-refractivity contribution is 0.181. The van der Waals surface area contributed by atoms with Gasteiger partial charge in [0.05, 0.1) is 25.0 Å². The van der Waals surface area contributed by atoms with E-state index in [0.717, 1.165) is 17.2 Å². The van der Waals surface area contributed by atoms with Crippen LogP contribution in [0.3, 0.4) is 0 Å². The van der Waals surface area contributed by atoms with Gasteiger partial charge in [-0.05, 0) is 28.6 Å². The smallest absolute Gasteiger partial charge is 0.283 e. The fraction of sp³-hybridized carbons (Fsp3) is 0.667. The van der Waals surface area contributed by atoms with E-state index in [2.05, 4.69) is 40.2 Å². The van der Waals surface area contributed by atoms with Crippen molar-refractivity contribution in [2.24, 2.45) is 0 Å². The Hall–Kier alpha value is -0.530. The molecule has 0 amide bonds. The van der Waals surface area contributed by atoms with E-state index >= 15 is 0 Å². The van der Waals surface area contributed by atoms with E-state index in [0.29, 0.717) is 17.6 Å². The van der Waals surface area contributed by atoms with Gasteiger partial charge in [0.2, 0.25) is 0 Å². The minimum absolute atomic E-state index is 0.141. The minimum atomic E-state index is -0.141. The van der Waals surface area contributed by atoms with Crippen LogP contribution in [-0.4, -0.2) is 41.0 Å². The molecule has 1 aromatic heterocycles. The number of thioether (sulfide) groups is 1. The average Bonchev–Trinajstić information content (AvgIpc) is 2.41. The number of rotatable bonds is 8. The molecule has 1 rings (SSSR count). The maximum atomic E-state index is 12.0. The van der Waals surface area contributed by atoms with Gasteiger partial charge in [0.1, 0.15) is 4.47 Å². The van der Waals surface area contributed by atoms with Gasteiger partial charge < -0.3 is 10.1 Å². The van der Waals surface area contributed by atoms with E-state index in [1.807, 2.05) is 11.8 Å². The van der Waals surface area contributed by atoms with Crippen molar-refractivity contribution in [3.8, 4) is 0 Å². The maximum absolute atomic E-state index is 12.0. The number of nitrogens with one attached hydrogen (secondary N) is 1. The van der Waals surface area contributed by atoms with Crippen molar-refractivity contribution in [3.05, 3.63) is 21.0 Å². The van der Waals surface area contributed by atoms with Crippen molar-refractivity contribution in [2.75, 3.05) is 30.5 Å². The summed E-state index contributed by atoms with van der Waals surface area (Å²) >= 11 is 5.20. The van der Waals surface area contributed by atoms with Crippen LogP contribution in [-0.2, 0) is 11.3 Å². The molecular weight excluding hydrogens is 330 g/mol. The Morgan fingerprint density at radius 3 is 3.00 bits per heavy atom. The molecule has 0 aromatic carbocycles. The molecule has 0 aliphatic rings. The Balaban J connectivity index is 2.75. The number of anilines is 1. The number of halogens is 1. The number of nitrogens with zero attached hydrogens (tertiary/aromatic N) is 2. The highest BCUT2D eigenvalue weighted by molar-refractivity contribution is 9.10. The monoisotopic (exact) mass is 349 g/mol. The highest BCUT2D eigenvalue weighted by atomic mass is 79.9. The van der Waals surface area contributed by atoms with Crippen molar-refractivity contribution in [1.29, 1.82) is 0 Å². The molecule has 7 heteroatoms. The first-order valence-corrected chi connectivity index (χ1v) is 8.13. The van der Waals surface area contributed by atoms with Crippen molar-refractivity contribution >= 4 is 33.4 Å². The lowest BCUT2D eigenvalue weighted by Crippen LogP contribution is -2.28. The number of aromatic nitrogens is 2. The molecule has 0 radical (unpaired) electrons. The van der Waals surface area contributed by atoms with Crippen LogP contribution in [0.15, 0.2) is 15.5 Å². The third kappa shape index (κ3) is 5.16. The fourth-order valence-electron chi connectivity index (χ4n) is 1.50. The highest BCUT2D eigenvalue weighted by Crippen LogP contribution is 2.18. The summed E-state index contributed by atoms with van der Waals surface area (Å²) in [5.74, 6) is 2.08. The summed E-state index contributed by atoms with van der Waals surface area (Å²) in [6.07, 6.45) is 1.67. The van der Waals surface area contributed by atoms with E-state index in [1.165, 1.54) is 4.68 Å². The maximum Gasteiger partial charge on any atom is 0.283 e. The molecule has 108 valence electrons. The Labute approximate surface area is 126 Å². The zero-order valence-electron chi connectivity index (χ0n) is 11.5. The molecule has 19 heavy (non-hydrogen) atoms. The predicted octanol–water partition coefficient (Wildman–Crippen LogP) is 2.21. The van der Waals surface area contributed by atoms with E-state index in [9.17, 15) is 4.79 Å². The molecule has 0 aliphatic heterocycles. The van der Waals surface area contributed by atoms with Crippen LogP contribution >= 0.6 is 27.7 Å². The van der Waals surface area contributed by atoms with Crippen LogP contribution in [0.1, 0.15) is 13.8 Å². The van der Waals surface area contributed by atoms with Gasteiger partial charge in [-0.25, -0.2) is 4.68 Å². The summed E-state index contributed by atoms with van der Waals surface area (Å²) in [6, 6.07) is 0.289. The third-order valence-electron chi connectivity index (χ3n) is 2.47. The van der Waals surface area contributed by atoms with E-state index in [-0.39, 0.29) is 11.6 Å². The summed E-state index contributed by atoms with van der Waals surface area (Å²) in [6.45, 7) is 5.14. The molecule has 1 aromatic rings. The average molecular weight is 350 g/mol. The minimum Gasteiger partial charge on any atom is -0.383 e. The second kappa shape index (κ2) is 8.60. The van der Waals surface area contributed by atoms with Crippen LogP contribution in [0.2, 0.25) is 0 Å². The predicted molar refractivity (Wildman–Crippen MR) is 84.2 cm³/mol. The van der Waals surface area contributed by atoms with E-state index in [4.69, 9.17) is 4.74 Å². The molecule has 0 bridgehead atoms. The Kier molecular flexibility index (Phi) is 7.48. The number of ether oxygens (including phenoxy) is 1. The zero-order chi connectivity index (χ0) is 14.3. The van der Waals surface area contributed by atoms with E-state index in [1.54, 1.807) is 13.3 Å². The Morgan fingerprint density at radius 1 is 1.63 bits per heavy atom. The van der Waals surface area contributed by atoms with Crippen molar-refractivity contribution in [1.82, 2.24) is 9.78 Å². The Morgan fingerprint density at radius 2 is 2.37 bits per heavy atom. The first-order valence-electron chi connectivity index (χ1n) is 6.19. The van der Waals surface area contributed by atoms with Gasteiger partial charge in [0, 0.05) is 18.9 Å². The molecule has 0 saturated carbocycles. The van der Waals surface area contributed by atoms with Gasteiger partial charge >= 0.3 is 0 Å². The molecule has 0 fully saturated rings. The molecule has 0 aliphatic carbocycles.